The molecular formula is C21H28N2O5. The molecule has 0 aliphatic carbocycles. The van der Waals surface area contributed by atoms with Gasteiger partial charge >= 0.3 is 5.97 Å². The van der Waals surface area contributed by atoms with Crippen molar-refractivity contribution in [2.24, 2.45) is 11.8 Å². The van der Waals surface area contributed by atoms with E-state index in [0.29, 0.717) is 23.4 Å². The van der Waals surface area contributed by atoms with Gasteiger partial charge in [-0.15, -0.1) is 0 Å². The second-order valence-electron chi connectivity index (χ2n) is 7.52. The van der Waals surface area contributed by atoms with Crippen molar-refractivity contribution in [3.63, 3.8) is 0 Å². The maximum atomic E-state index is 12.7. The lowest BCUT2D eigenvalue weighted by Gasteiger charge is -2.42. The fourth-order valence-corrected chi connectivity index (χ4v) is 3.61. The third kappa shape index (κ3) is 3.90. The molecule has 2 aromatic heterocycles. The van der Waals surface area contributed by atoms with E-state index >= 15 is 0 Å². The zero-order chi connectivity index (χ0) is 20.4. The van der Waals surface area contributed by atoms with Crippen molar-refractivity contribution in [3.8, 4) is 5.75 Å². The Morgan fingerprint density at radius 3 is 2.71 bits per heavy atom. The van der Waals surface area contributed by atoms with Gasteiger partial charge in [-0.2, -0.15) is 0 Å². The van der Waals surface area contributed by atoms with Gasteiger partial charge in [0.1, 0.15) is 0 Å². The highest BCUT2D eigenvalue weighted by Crippen LogP contribution is 2.34. The summed E-state index contributed by atoms with van der Waals surface area (Å²) in [7, 11) is 0. The van der Waals surface area contributed by atoms with Crippen LogP contribution in [0.3, 0.4) is 0 Å². The molecule has 3 heterocycles. The zero-order valence-corrected chi connectivity index (χ0v) is 17.0. The van der Waals surface area contributed by atoms with Crippen molar-refractivity contribution in [1.82, 2.24) is 9.38 Å². The summed E-state index contributed by atoms with van der Waals surface area (Å²) in [5, 5.41) is 0. The van der Waals surface area contributed by atoms with Crippen LogP contribution in [0.5, 0.6) is 5.75 Å². The van der Waals surface area contributed by atoms with E-state index in [-0.39, 0.29) is 29.5 Å². The Morgan fingerprint density at radius 1 is 1.29 bits per heavy atom. The van der Waals surface area contributed by atoms with Crippen LogP contribution in [0, 0.1) is 11.8 Å². The normalized spacial score (nSPS) is 27.5. The Bertz CT molecular complexity index is 909. The summed E-state index contributed by atoms with van der Waals surface area (Å²) in [5.74, 6) is 0.291. The summed E-state index contributed by atoms with van der Waals surface area (Å²) in [5.41, 5.74) is 0.977. The Hall–Kier alpha value is -2.41. The van der Waals surface area contributed by atoms with Gasteiger partial charge in [-0.05, 0) is 31.4 Å². The summed E-state index contributed by atoms with van der Waals surface area (Å²) in [4.78, 5) is 28.7. The van der Waals surface area contributed by atoms with Gasteiger partial charge in [0.15, 0.2) is 17.5 Å². The molecule has 3 rings (SSSR count). The first-order valence-electron chi connectivity index (χ1n) is 9.82. The third-order valence-corrected chi connectivity index (χ3v) is 5.54. The number of ether oxygens (including phenoxy) is 3. The van der Waals surface area contributed by atoms with Gasteiger partial charge in [0, 0.05) is 30.8 Å². The molecule has 152 valence electrons. The Morgan fingerprint density at radius 2 is 2.04 bits per heavy atom. The van der Waals surface area contributed by atoms with E-state index in [1.807, 2.05) is 20.8 Å². The number of rotatable bonds is 5. The number of fused-ring (bicyclic) bond motifs is 1. The van der Waals surface area contributed by atoms with E-state index in [2.05, 4.69) is 11.9 Å². The number of hydrogen-bond donors (Lipinski definition) is 0. The molecule has 0 N–H and O–H groups in total. The van der Waals surface area contributed by atoms with Gasteiger partial charge in [0.05, 0.1) is 6.10 Å². The van der Waals surface area contributed by atoms with Crippen molar-refractivity contribution in [2.75, 3.05) is 0 Å². The first-order chi connectivity index (χ1) is 13.3. The minimum absolute atomic E-state index is 0.0551. The zero-order valence-electron chi connectivity index (χ0n) is 17.0. The number of aryl methyl sites for hydroxylation is 1. The highest BCUT2D eigenvalue weighted by Gasteiger charge is 2.43. The maximum Gasteiger partial charge on any atom is 0.303 e. The van der Waals surface area contributed by atoms with Crippen LogP contribution in [0.1, 0.15) is 46.6 Å². The number of aromatic nitrogens is 2. The third-order valence-electron chi connectivity index (χ3n) is 5.54. The number of esters is 1. The summed E-state index contributed by atoms with van der Waals surface area (Å²) in [6.07, 6.45) is 3.44. The first-order valence-corrected chi connectivity index (χ1v) is 9.82. The molecule has 5 atom stereocenters. The van der Waals surface area contributed by atoms with Crippen molar-refractivity contribution in [1.29, 1.82) is 0 Å². The molecule has 3 unspecified atom stereocenters. The highest BCUT2D eigenvalue weighted by atomic mass is 16.7. The summed E-state index contributed by atoms with van der Waals surface area (Å²) in [6, 6.07) is 3.48. The van der Waals surface area contributed by atoms with Crippen LogP contribution in [0.2, 0.25) is 0 Å². The average Bonchev–Trinajstić information content (AvgIpc) is 2.66. The molecule has 2 aromatic rings. The lowest BCUT2D eigenvalue weighted by Crippen LogP contribution is -2.52. The van der Waals surface area contributed by atoms with Crippen molar-refractivity contribution in [2.45, 2.75) is 66.0 Å². The molecule has 28 heavy (non-hydrogen) atoms. The summed E-state index contributed by atoms with van der Waals surface area (Å²) < 4.78 is 19.1. The topological polar surface area (TPSA) is 79.1 Å². The number of carbonyl (C=O) groups is 1. The molecule has 0 bridgehead atoms. The van der Waals surface area contributed by atoms with E-state index in [1.54, 1.807) is 24.5 Å². The van der Waals surface area contributed by atoms with Gasteiger partial charge in [-0.25, -0.2) is 4.98 Å². The molecule has 1 aliphatic heterocycles. The predicted molar refractivity (Wildman–Crippen MR) is 104 cm³/mol. The highest BCUT2D eigenvalue weighted by molar-refractivity contribution is 5.66. The lowest BCUT2D eigenvalue weighted by molar-refractivity contribution is -0.242. The first kappa shape index (κ1) is 20.3. The molecule has 1 aliphatic rings. The molecule has 0 saturated carbocycles. The fraction of sp³-hybridized carbons (Fsp3) is 0.571. The SMILES string of the molecule is CCCc1cnc2c(O[C@@H]3OC(C)C(C)[C@H](C)C3OC(C)=O)cccn2c1=O. The molecule has 1 saturated heterocycles. The van der Waals surface area contributed by atoms with Crippen molar-refractivity contribution in [3.05, 3.63) is 40.4 Å². The molecule has 0 amide bonds. The van der Waals surface area contributed by atoms with Crippen LogP contribution in [-0.4, -0.2) is 33.9 Å². The predicted octanol–water partition coefficient (Wildman–Crippen LogP) is 2.97. The van der Waals surface area contributed by atoms with Crippen molar-refractivity contribution < 1.29 is 19.0 Å². The quantitative estimate of drug-likeness (QED) is 0.733. The molecule has 7 nitrogen and oxygen atoms in total. The number of carbonyl (C=O) groups excluding carboxylic acids is 1. The second kappa shape index (κ2) is 8.31. The van der Waals surface area contributed by atoms with E-state index in [1.165, 1.54) is 11.3 Å². The van der Waals surface area contributed by atoms with Crippen LogP contribution in [0.25, 0.3) is 5.65 Å². The van der Waals surface area contributed by atoms with E-state index in [4.69, 9.17) is 14.2 Å². The van der Waals surface area contributed by atoms with E-state index in [0.717, 1.165) is 6.42 Å². The van der Waals surface area contributed by atoms with Crippen molar-refractivity contribution >= 4 is 11.6 Å². The lowest BCUT2D eigenvalue weighted by atomic mass is 9.84. The van der Waals surface area contributed by atoms with Gasteiger partial charge < -0.3 is 14.2 Å². The average molecular weight is 388 g/mol. The summed E-state index contributed by atoms with van der Waals surface area (Å²) in [6.45, 7) is 9.46. The van der Waals surface area contributed by atoms with Crippen LogP contribution >= 0.6 is 0 Å². The number of pyridine rings is 1. The second-order valence-corrected chi connectivity index (χ2v) is 7.52. The van der Waals surface area contributed by atoms with Gasteiger partial charge in [-0.3, -0.25) is 14.0 Å². The molecule has 0 radical (unpaired) electrons. The largest absolute Gasteiger partial charge is 0.457 e. The fourth-order valence-electron chi connectivity index (χ4n) is 3.61. The summed E-state index contributed by atoms with van der Waals surface area (Å²) >= 11 is 0. The van der Waals surface area contributed by atoms with Crippen LogP contribution < -0.4 is 10.3 Å². The van der Waals surface area contributed by atoms with Crippen LogP contribution in [0.15, 0.2) is 29.3 Å². The minimum Gasteiger partial charge on any atom is -0.457 e. The minimum atomic E-state index is -0.775. The Kier molecular flexibility index (Phi) is 6.03. The molecule has 0 spiro atoms. The number of hydrogen-bond acceptors (Lipinski definition) is 6. The Balaban J connectivity index is 1.97. The molecule has 0 aromatic carbocycles. The molecule has 7 heteroatoms. The smallest absolute Gasteiger partial charge is 0.303 e. The number of nitrogens with zero attached hydrogens (tertiary/aromatic N) is 2. The van der Waals surface area contributed by atoms with E-state index in [9.17, 15) is 9.59 Å². The maximum absolute atomic E-state index is 12.7. The van der Waals surface area contributed by atoms with Gasteiger partial charge in [0.25, 0.3) is 5.56 Å². The molecular weight excluding hydrogens is 360 g/mol. The van der Waals surface area contributed by atoms with Gasteiger partial charge in [0.2, 0.25) is 6.29 Å². The standard InChI is InChI=1S/C21H28N2O5/c1-6-8-16-11-22-19-17(9-7-10-23(19)20(16)25)28-21-18(27-15(5)24)13(3)12(2)14(4)26-21/h7,9-14,18,21H,6,8H2,1-5H3/t12?,13-,14?,18?,21-/m0/s1. The van der Waals surface area contributed by atoms with E-state index < -0.39 is 12.4 Å². The Labute approximate surface area is 164 Å². The van der Waals surface area contributed by atoms with Crippen LogP contribution in [-0.2, 0) is 20.7 Å². The van der Waals surface area contributed by atoms with Crippen LogP contribution in [0.4, 0.5) is 0 Å². The van der Waals surface area contributed by atoms with Gasteiger partial charge in [-0.1, -0.05) is 27.2 Å². The molecule has 1 fully saturated rings. The monoisotopic (exact) mass is 388 g/mol.